The molecule has 0 atom stereocenters. The fraction of sp³-hybridized carbons (Fsp3) is 0.353. The molecule has 0 unspecified atom stereocenters. The Labute approximate surface area is 144 Å². The zero-order valence-corrected chi connectivity index (χ0v) is 14.4. The van der Waals surface area contributed by atoms with E-state index in [9.17, 15) is 9.59 Å². The summed E-state index contributed by atoms with van der Waals surface area (Å²) in [5.74, 6) is 0.624. The summed E-state index contributed by atoms with van der Waals surface area (Å²) in [7, 11) is 1.64. The Morgan fingerprint density at radius 1 is 1.28 bits per heavy atom. The van der Waals surface area contributed by atoms with Crippen molar-refractivity contribution >= 4 is 16.8 Å². The molecular weight excluding hydrogens is 320 g/mol. The number of nitrogens with zero attached hydrogens (tertiary/aromatic N) is 5. The van der Waals surface area contributed by atoms with E-state index in [1.54, 1.807) is 31.6 Å². The van der Waals surface area contributed by atoms with E-state index < -0.39 is 0 Å². The maximum Gasteiger partial charge on any atom is 0.260 e. The summed E-state index contributed by atoms with van der Waals surface area (Å²) < 4.78 is 3.38. The SMILES string of the molecule is CC(C)n1cnnc1CCNC(=O)c1ccc2c(=O)n(C)cnc2c1. The lowest BCUT2D eigenvalue weighted by Crippen LogP contribution is -2.27. The van der Waals surface area contributed by atoms with Gasteiger partial charge in [0.15, 0.2) is 0 Å². The average molecular weight is 340 g/mol. The number of hydrogen-bond donors (Lipinski definition) is 1. The normalized spacial score (nSPS) is 11.2. The second-order valence-electron chi connectivity index (χ2n) is 6.15. The van der Waals surface area contributed by atoms with E-state index in [0.29, 0.717) is 29.4 Å². The molecule has 2 aromatic heterocycles. The minimum atomic E-state index is -0.208. The molecule has 1 amide bonds. The van der Waals surface area contributed by atoms with Crippen molar-refractivity contribution in [3.63, 3.8) is 0 Å². The Balaban J connectivity index is 1.69. The second kappa shape index (κ2) is 6.84. The lowest BCUT2D eigenvalue weighted by atomic mass is 10.1. The fourth-order valence-electron chi connectivity index (χ4n) is 2.62. The molecule has 1 N–H and O–H groups in total. The van der Waals surface area contributed by atoms with Gasteiger partial charge < -0.3 is 14.5 Å². The van der Waals surface area contributed by atoms with Gasteiger partial charge in [0.25, 0.3) is 11.5 Å². The van der Waals surface area contributed by atoms with Gasteiger partial charge in [0.1, 0.15) is 12.2 Å². The smallest absolute Gasteiger partial charge is 0.260 e. The first kappa shape index (κ1) is 16.8. The molecule has 2 heterocycles. The van der Waals surface area contributed by atoms with Gasteiger partial charge in [0, 0.05) is 31.6 Å². The number of hydrogen-bond acceptors (Lipinski definition) is 5. The van der Waals surface area contributed by atoms with Gasteiger partial charge in [0.05, 0.1) is 17.2 Å². The number of nitrogens with one attached hydrogen (secondary N) is 1. The highest BCUT2D eigenvalue weighted by Crippen LogP contribution is 2.10. The van der Waals surface area contributed by atoms with Crippen LogP contribution in [0.3, 0.4) is 0 Å². The van der Waals surface area contributed by atoms with Gasteiger partial charge in [-0.3, -0.25) is 9.59 Å². The predicted octanol–water partition coefficient (Wildman–Crippen LogP) is 1.08. The Bertz CT molecular complexity index is 973. The molecule has 0 aliphatic rings. The van der Waals surface area contributed by atoms with Gasteiger partial charge >= 0.3 is 0 Å². The van der Waals surface area contributed by atoms with Crippen molar-refractivity contribution in [2.75, 3.05) is 6.54 Å². The van der Waals surface area contributed by atoms with E-state index in [1.165, 1.54) is 10.9 Å². The fourth-order valence-corrected chi connectivity index (χ4v) is 2.62. The molecule has 0 aliphatic heterocycles. The summed E-state index contributed by atoms with van der Waals surface area (Å²) in [5.41, 5.74) is 0.846. The van der Waals surface area contributed by atoms with Crippen molar-refractivity contribution in [2.24, 2.45) is 7.05 Å². The van der Waals surface area contributed by atoms with E-state index in [1.807, 2.05) is 4.57 Å². The number of fused-ring (bicyclic) bond motifs is 1. The molecule has 25 heavy (non-hydrogen) atoms. The first-order valence-electron chi connectivity index (χ1n) is 8.09. The minimum Gasteiger partial charge on any atom is -0.352 e. The highest BCUT2D eigenvalue weighted by molar-refractivity contribution is 5.97. The lowest BCUT2D eigenvalue weighted by Gasteiger charge is -2.10. The van der Waals surface area contributed by atoms with Gasteiger partial charge in [-0.25, -0.2) is 4.98 Å². The van der Waals surface area contributed by atoms with Crippen LogP contribution in [0.4, 0.5) is 0 Å². The van der Waals surface area contributed by atoms with Crippen molar-refractivity contribution in [1.82, 2.24) is 29.6 Å². The van der Waals surface area contributed by atoms with E-state index >= 15 is 0 Å². The standard InChI is InChI=1S/C17H20N6O2/c1-11(2)23-10-20-21-15(23)6-7-18-16(24)12-4-5-13-14(8-12)19-9-22(3)17(13)25/h4-5,8-11H,6-7H2,1-3H3,(H,18,24). The van der Waals surface area contributed by atoms with Crippen LogP contribution in [0.2, 0.25) is 0 Å². The monoisotopic (exact) mass is 340 g/mol. The molecule has 130 valence electrons. The molecule has 0 saturated carbocycles. The Hall–Kier alpha value is -3.03. The minimum absolute atomic E-state index is 0.134. The van der Waals surface area contributed by atoms with Crippen molar-refractivity contribution < 1.29 is 4.79 Å². The third-order valence-electron chi connectivity index (χ3n) is 4.02. The molecule has 0 aliphatic carbocycles. The number of rotatable bonds is 5. The molecule has 0 radical (unpaired) electrons. The lowest BCUT2D eigenvalue weighted by molar-refractivity contribution is 0.0954. The van der Waals surface area contributed by atoms with Crippen LogP contribution in [-0.4, -0.2) is 36.8 Å². The van der Waals surface area contributed by atoms with Crippen LogP contribution in [0.1, 0.15) is 36.1 Å². The summed E-state index contributed by atoms with van der Waals surface area (Å²) >= 11 is 0. The zero-order chi connectivity index (χ0) is 18.0. The van der Waals surface area contributed by atoms with E-state index in [-0.39, 0.29) is 17.5 Å². The molecule has 1 aromatic carbocycles. The maximum absolute atomic E-state index is 12.3. The number of aryl methyl sites for hydroxylation is 1. The third-order valence-corrected chi connectivity index (χ3v) is 4.02. The van der Waals surface area contributed by atoms with Gasteiger partial charge in [-0.1, -0.05) is 0 Å². The van der Waals surface area contributed by atoms with Gasteiger partial charge in [-0.2, -0.15) is 0 Å². The van der Waals surface area contributed by atoms with Crippen LogP contribution < -0.4 is 10.9 Å². The van der Waals surface area contributed by atoms with Crippen molar-refractivity contribution in [3.8, 4) is 0 Å². The second-order valence-corrected chi connectivity index (χ2v) is 6.15. The summed E-state index contributed by atoms with van der Waals surface area (Å²) in [6, 6.07) is 5.17. The molecule has 0 saturated heterocycles. The van der Waals surface area contributed by atoms with Crippen LogP contribution in [0.25, 0.3) is 10.9 Å². The Kier molecular flexibility index (Phi) is 4.60. The number of amides is 1. The molecule has 0 fully saturated rings. The van der Waals surface area contributed by atoms with Crippen molar-refractivity contribution in [2.45, 2.75) is 26.3 Å². The van der Waals surface area contributed by atoms with E-state index in [0.717, 1.165) is 5.82 Å². The number of carbonyl (C=O) groups is 1. The van der Waals surface area contributed by atoms with Crippen molar-refractivity contribution in [3.05, 3.63) is 52.6 Å². The number of carbonyl (C=O) groups excluding carboxylic acids is 1. The van der Waals surface area contributed by atoms with E-state index in [4.69, 9.17) is 0 Å². The van der Waals surface area contributed by atoms with Crippen LogP contribution in [0, 0.1) is 0 Å². The topological polar surface area (TPSA) is 94.7 Å². The molecule has 3 rings (SSSR count). The predicted molar refractivity (Wildman–Crippen MR) is 93.4 cm³/mol. The van der Waals surface area contributed by atoms with Gasteiger partial charge in [-0.05, 0) is 32.0 Å². The average Bonchev–Trinajstić information content (AvgIpc) is 3.06. The Morgan fingerprint density at radius 2 is 2.08 bits per heavy atom. The summed E-state index contributed by atoms with van der Waals surface area (Å²) in [4.78, 5) is 28.5. The molecule has 0 bridgehead atoms. The summed E-state index contributed by atoms with van der Waals surface area (Å²) in [6.45, 7) is 4.56. The maximum atomic E-state index is 12.3. The largest absolute Gasteiger partial charge is 0.352 e. The van der Waals surface area contributed by atoms with Gasteiger partial charge in [0.2, 0.25) is 0 Å². The van der Waals surface area contributed by atoms with Crippen molar-refractivity contribution in [1.29, 1.82) is 0 Å². The molecule has 0 spiro atoms. The quantitative estimate of drug-likeness (QED) is 0.750. The molecule has 8 heteroatoms. The summed E-state index contributed by atoms with van der Waals surface area (Å²) in [6.07, 6.45) is 3.73. The number of benzene rings is 1. The van der Waals surface area contributed by atoms with E-state index in [2.05, 4.69) is 34.3 Å². The molecular formula is C17H20N6O2. The van der Waals surface area contributed by atoms with Gasteiger partial charge in [-0.15, -0.1) is 10.2 Å². The first-order chi connectivity index (χ1) is 12.0. The number of aromatic nitrogens is 5. The molecule has 3 aromatic rings. The third kappa shape index (κ3) is 3.42. The highest BCUT2D eigenvalue weighted by Gasteiger charge is 2.11. The van der Waals surface area contributed by atoms with Crippen LogP contribution in [0.5, 0.6) is 0 Å². The highest BCUT2D eigenvalue weighted by atomic mass is 16.1. The molecule has 8 nitrogen and oxygen atoms in total. The summed E-state index contributed by atoms with van der Waals surface area (Å²) in [5, 5.41) is 11.3. The Morgan fingerprint density at radius 3 is 2.84 bits per heavy atom. The first-order valence-corrected chi connectivity index (χ1v) is 8.09. The van der Waals surface area contributed by atoms with Crippen LogP contribution >= 0.6 is 0 Å². The zero-order valence-electron chi connectivity index (χ0n) is 14.4. The van der Waals surface area contributed by atoms with Crippen LogP contribution in [-0.2, 0) is 13.5 Å². The van der Waals surface area contributed by atoms with Crippen LogP contribution in [0.15, 0.2) is 35.6 Å².